The number of nitrogens with one attached hydrogen (secondary N) is 1. The van der Waals surface area contributed by atoms with E-state index in [0.717, 1.165) is 0 Å². The van der Waals surface area contributed by atoms with E-state index in [1.807, 2.05) is 0 Å². The number of alkyl halides is 3. The molecule has 1 aromatic rings. The smallest absolute Gasteiger partial charge is 0.422 e. The highest BCUT2D eigenvalue weighted by atomic mass is 19.4. The molecular weight excluding hydrogens is 266 g/mol. The van der Waals surface area contributed by atoms with Crippen LogP contribution in [-0.2, 0) is 11.3 Å². The molecule has 0 aliphatic heterocycles. The Labute approximate surface area is 107 Å². The Morgan fingerprint density at radius 1 is 1.26 bits per heavy atom. The molecule has 0 radical (unpaired) electrons. The number of carbonyl (C=O) groups excluding carboxylic acids is 1. The molecule has 1 rings (SSSR count). The van der Waals surface area contributed by atoms with Crippen molar-refractivity contribution in [3.05, 3.63) is 34.6 Å². The number of rotatable bonds is 3. The highest BCUT2D eigenvalue weighted by Gasteiger charge is 2.29. The molecule has 1 N–H and O–H groups in total. The van der Waals surface area contributed by atoms with E-state index in [2.05, 4.69) is 10.1 Å². The Balaban J connectivity index is 2.51. The van der Waals surface area contributed by atoms with Gasteiger partial charge in [0.25, 0.3) is 0 Å². The van der Waals surface area contributed by atoms with Gasteiger partial charge in [-0.3, -0.25) is 0 Å². The molecule has 0 saturated carbocycles. The molecule has 7 heteroatoms. The van der Waals surface area contributed by atoms with E-state index in [-0.39, 0.29) is 12.4 Å². The van der Waals surface area contributed by atoms with Crippen molar-refractivity contribution in [2.45, 2.75) is 26.6 Å². The summed E-state index contributed by atoms with van der Waals surface area (Å²) >= 11 is 0. The molecule has 0 fully saturated rings. The van der Waals surface area contributed by atoms with Gasteiger partial charge in [0.15, 0.2) is 6.61 Å². The summed E-state index contributed by atoms with van der Waals surface area (Å²) in [6, 6.07) is 3.01. The van der Waals surface area contributed by atoms with Crippen molar-refractivity contribution in [1.29, 1.82) is 0 Å². The van der Waals surface area contributed by atoms with Crippen molar-refractivity contribution in [2.75, 3.05) is 6.61 Å². The monoisotopic (exact) mass is 279 g/mol. The van der Waals surface area contributed by atoms with Gasteiger partial charge in [-0.1, -0.05) is 12.1 Å². The molecule has 0 unspecified atom stereocenters. The van der Waals surface area contributed by atoms with Crippen molar-refractivity contribution in [3.63, 3.8) is 0 Å². The summed E-state index contributed by atoms with van der Waals surface area (Å²) in [5.41, 5.74) is 1.39. The van der Waals surface area contributed by atoms with Crippen LogP contribution in [0.25, 0.3) is 0 Å². The first-order chi connectivity index (χ1) is 8.69. The van der Waals surface area contributed by atoms with Gasteiger partial charge in [-0.15, -0.1) is 0 Å². The third-order valence-corrected chi connectivity index (χ3v) is 2.30. The fraction of sp³-hybridized carbons (Fsp3) is 0.417. The molecule has 3 nitrogen and oxygen atoms in total. The van der Waals surface area contributed by atoms with Gasteiger partial charge < -0.3 is 10.1 Å². The second-order valence-electron chi connectivity index (χ2n) is 4.09. The fourth-order valence-electron chi connectivity index (χ4n) is 1.51. The largest absolute Gasteiger partial charge is 0.440 e. The highest BCUT2D eigenvalue weighted by Crippen LogP contribution is 2.15. The maximum absolute atomic E-state index is 13.3. The maximum Gasteiger partial charge on any atom is 0.422 e. The maximum atomic E-state index is 13.3. The molecule has 0 heterocycles. The van der Waals surface area contributed by atoms with Crippen LogP contribution in [0.4, 0.5) is 22.4 Å². The van der Waals surface area contributed by atoms with Crippen LogP contribution in [-0.4, -0.2) is 18.9 Å². The summed E-state index contributed by atoms with van der Waals surface area (Å²) in [7, 11) is 0. The summed E-state index contributed by atoms with van der Waals surface area (Å²) in [6.45, 7) is 1.46. The van der Waals surface area contributed by atoms with E-state index < -0.39 is 18.9 Å². The number of halogens is 4. The Morgan fingerprint density at radius 2 is 1.79 bits per heavy atom. The second kappa shape index (κ2) is 5.90. The summed E-state index contributed by atoms with van der Waals surface area (Å²) < 4.78 is 52.6. The number of carbonyl (C=O) groups is 1. The Hall–Kier alpha value is -1.79. The normalized spacial score (nSPS) is 11.3. The van der Waals surface area contributed by atoms with Crippen molar-refractivity contribution in [2.24, 2.45) is 0 Å². The lowest BCUT2D eigenvalue weighted by Crippen LogP contribution is -2.28. The lowest BCUT2D eigenvalue weighted by atomic mass is 10.1. The lowest BCUT2D eigenvalue weighted by molar-refractivity contribution is -0.160. The van der Waals surface area contributed by atoms with Crippen LogP contribution in [0.5, 0.6) is 0 Å². The quantitative estimate of drug-likeness (QED) is 0.863. The van der Waals surface area contributed by atoms with Gasteiger partial charge in [0.1, 0.15) is 5.82 Å². The molecule has 106 valence electrons. The molecule has 0 spiro atoms. The van der Waals surface area contributed by atoms with Gasteiger partial charge in [0, 0.05) is 6.54 Å². The first-order valence-corrected chi connectivity index (χ1v) is 5.42. The molecular formula is C12H13F4NO2. The SMILES string of the molecule is Cc1cc(CNC(=O)OCC(F)(F)F)cc(C)c1F. The van der Waals surface area contributed by atoms with Gasteiger partial charge >= 0.3 is 12.3 Å². The first kappa shape index (κ1) is 15.3. The number of hydrogen-bond acceptors (Lipinski definition) is 2. The molecule has 0 saturated heterocycles. The number of aryl methyl sites for hydroxylation is 2. The van der Waals surface area contributed by atoms with Gasteiger partial charge in [0.05, 0.1) is 0 Å². The average molecular weight is 279 g/mol. The minimum Gasteiger partial charge on any atom is -0.440 e. The summed E-state index contributed by atoms with van der Waals surface area (Å²) in [4.78, 5) is 11.0. The zero-order chi connectivity index (χ0) is 14.6. The van der Waals surface area contributed by atoms with Crippen molar-refractivity contribution < 1.29 is 27.1 Å². The Bertz CT molecular complexity index is 448. The summed E-state index contributed by atoms with van der Waals surface area (Å²) in [6.07, 6.45) is -5.72. The van der Waals surface area contributed by atoms with Crippen LogP contribution in [0.15, 0.2) is 12.1 Å². The molecule has 1 aromatic carbocycles. The predicted molar refractivity (Wildman–Crippen MR) is 60.1 cm³/mol. The second-order valence-corrected chi connectivity index (χ2v) is 4.09. The molecule has 0 atom stereocenters. The number of alkyl carbamates (subject to hydrolysis) is 1. The van der Waals surface area contributed by atoms with Crippen LogP contribution in [0, 0.1) is 19.7 Å². The van der Waals surface area contributed by atoms with Crippen LogP contribution in [0.3, 0.4) is 0 Å². The number of ether oxygens (including phenoxy) is 1. The molecule has 0 bridgehead atoms. The topological polar surface area (TPSA) is 38.3 Å². The van der Waals surface area contributed by atoms with Crippen LogP contribution >= 0.6 is 0 Å². The number of benzene rings is 1. The molecule has 0 aliphatic rings. The average Bonchev–Trinajstić information content (AvgIpc) is 2.29. The lowest BCUT2D eigenvalue weighted by Gasteiger charge is -2.10. The van der Waals surface area contributed by atoms with E-state index in [1.165, 1.54) is 12.1 Å². The van der Waals surface area contributed by atoms with Gasteiger partial charge in [0.2, 0.25) is 0 Å². The van der Waals surface area contributed by atoms with Crippen molar-refractivity contribution in [3.8, 4) is 0 Å². The van der Waals surface area contributed by atoms with Gasteiger partial charge in [-0.25, -0.2) is 9.18 Å². The zero-order valence-electron chi connectivity index (χ0n) is 10.4. The van der Waals surface area contributed by atoms with Crippen LogP contribution in [0.2, 0.25) is 0 Å². The van der Waals surface area contributed by atoms with E-state index in [9.17, 15) is 22.4 Å². The Kier molecular flexibility index (Phi) is 4.74. The molecule has 19 heavy (non-hydrogen) atoms. The minimum absolute atomic E-state index is 0.0291. The highest BCUT2D eigenvalue weighted by molar-refractivity contribution is 5.67. The molecule has 1 amide bonds. The minimum atomic E-state index is -4.56. The Morgan fingerprint density at radius 3 is 2.26 bits per heavy atom. The van der Waals surface area contributed by atoms with Crippen LogP contribution < -0.4 is 5.32 Å². The van der Waals surface area contributed by atoms with Crippen molar-refractivity contribution in [1.82, 2.24) is 5.32 Å². The number of hydrogen-bond donors (Lipinski definition) is 1. The standard InChI is InChI=1S/C12H13F4NO2/c1-7-3-9(4-8(2)10(7)13)5-17-11(18)19-6-12(14,15)16/h3-4H,5-6H2,1-2H3,(H,17,18). The summed E-state index contributed by atoms with van der Waals surface area (Å²) in [5, 5.41) is 2.16. The van der Waals surface area contributed by atoms with Crippen LogP contribution in [0.1, 0.15) is 16.7 Å². The van der Waals surface area contributed by atoms with E-state index in [4.69, 9.17) is 0 Å². The molecule has 0 aliphatic carbocycles. The fourth-order valence-corrected chi connectivity index (χ4v) is 1.51. The van der Waals surface area contributed by atoms with E-state index in [0.29, 0.717) is 16.7 Å². The van der Waals surface area contributed by atoms with Gasteiger partial charge in [-0.2, -0.15) is 13.2 Å². The van der Waals surface area contributed by atoms with Gasteiger partial charge in [-0.05, 0) is 30.5 Å². The third-order valence-electron chi connectivity index (χ3n) is 2.30. The van der Waals surface area contributed by atoms with E-state index >= 15 is 0 Å². The summed E-state index contributed by atoms with van der Waals surface area (Å²) in [5.74, 6) is -0.344. The zero-order valence-corrected chi connectivity index (χ0v) is 10.4. The van der Waals surface area contributed by atoms with E-state index in [1.54, 1.807) is 13.8 Å². The molecule has 0 aromatic heterocycles. The predicted octanol–water partition coefficient (Wildman–Crippen LogP) is 3.23. The number of amides is 1. The first-order valence-electron chi connectivity index (χ1n) is 5.42. The third kappa shape index (κ3) is 5.15. The van der Waals surface area contributed by atoms with Crippen molar-refractivity contribution >= 4 is 6.09 Å².